The summed E-state index contributed by atoms with van der Waals surface area (Å²) in [6, 6.07) is 6.93. The third kappa shape index (κ3) is 4.89. The third-order valence-electron chi connectivity index (χ3n) is 3.32. The lowest BCUT2D eigenvalue weighted by Crippen LogP contribution is -2.27. The molecule has 0 saturated heterocycles. The number of aromatic nitrogens is 4. The standard InChI is InChI=1S/C16H15N5O4S2/c1-2-25-13(23)8-26-16-20-19-15(27-16)18-12(22)7-21-9-17-11-6-4-3-5-10(11)14(21)24/h3-6,9H,2,7-8H2,1H3,(H,18,19,22). The highest BCUT2D eigenvalue weighted by atomic mass is 32.2. The Morgan fingerprint density at radius 1 is 1.30 bits per heavy atom. The van der Waals surface area contributed by atoms with Gasteiger partial charge in [-0.25, -0.2) is 4.98 Å². The van der Waals surface area contributed by atoms with E-state index in [2.05, 4.69) is 20.5 Å². The van der Waals surface area contributed by atoms with Crippen molar-refractivity contribution >= 4 is 51.0 Å². The highest BCUT2D eigenvalue weighted by Gasteiger charge is 2.12. The van der Waals surface area contributed by atoms with E-state index in [1.54, 1.807) is 31.2 Å². The molecule has 0 aliphatic rings. The van der Waals surface area contributed by atoms with Gasteiger partial charge in [0.1, 0.15) is 6.54 Å². The SMILES string of the molecule is CCOC(=O)CSc1nnc(NC(=O)Cn2cnc3ccccc3c2=O)s1. The van der Waals surface area contributed by atoms with E-state index < -0.39 is 5.91 Å². The Labute approximate surface area is 161 Å². The van der Waals surface area contributed by atoms with E-state index in [0.717, 1.165) is 11.3 Å². The number of amides is 1. The highest BCUT2D eigenvalue weighted by Crippen LogP contribution is 2.25. The van der Waals surface area contributed by atoms with Gasteiger partial charge in [-0.15, -0.1) is 10.2 Å². The predicted molar refractivity (Wildman–Crippen MR) is 102 cm³/mol. The van der Waals surface area contributed by atoms with Crippen LogP contribution >= 0.6 is 23.1 Å². The maximum atomic E-state index is 12.4. The molecule has 2 heterocycles. The molecule has 140 valence electrons. The Kier molecular flexibility index (Phi) is 6.14. The van der Waals surface area contributed by atoms with E-state index in [1.807, 2.05) is 0 Å². The molecule has 0 unspecified atom stereocenters. The molecule has 0 atom stereocenters. The Bertz CT molecular complexity index is 1030. The van der Waals surface area contributed by atoms with Crippen molar-refractivity contribution in [3.8, 4) is 0 Å². The van der Waals surface area contributed by atoms with Crippen molar-refractivity contribution in [3.05, 3.63) is 40.9 Å². The van der Waals surface area contributed by atoms with Crippen LogP contribution in [0.2, 0.25) is 0 Å². The number of hydrogen-bond acceptors (Lipinski definition) is 9. The van der Waals surface area contributed by atoms with Crippen LogP contribution in [0.4, 0.5) is 5.13 Å². The van der Waals surface area contributed by atoms with Gasteiger partial charge in [0, 0.05) is 0 Å². The van der Waals surface area contributed by atoms with Crippen molar-refractivity contribution < 1.29 is 14.3 Å². The van der Waals surface area contributed by atoms with Crippen LogP contribution in [0.1, 0.15) is 6.92 Å². The number of fused-ring (bicyclic) bond motifs is 1. The first-order valence-corrected chi connectivity index (χ1v) is 9.73. The number of thioether (sulfide) groups is 1. The molecule has 0 fully saturated rings. The number of anilines is 1. The summed E-state index contributed by atoms with van der Waals surface area (Å²) in [7, 11) is 0. The molecule has 0 spiro atoms. The molecule has 1 amide bonds. The van der Waals surface area contributed by atoms with Crippen LogP contribution in [0.3, 0.4) is 0 Å². The minimum atomic E-state index is -0.424. The maximum Gasteiger partial charge on any atom is 0.316 e. The summed E-state index contributed by atoms with van der Waals surface area (Å²) >= 11 is 2.31. The molecule has 0 aliphatic carbocycles. The summed E-state index contributed by atoms with van der Waals surface area (Å²) in [5.74, 6) is -0.645. The molecule has 1 aromatic carbocycles. The Morgan fingerprint density at radius 3 is 2.93 bits per heavy atom. The van der Waals surface area contributed by atoms with Crippen LogP contribution in [0.15, 0.2) is 39.7 Å². The lowest BCUT2D eigenvalue weighted by molar-refractivity contribution is -0.139. The van der Waals surface area contributed by atoms with Crippen LogP contribution in [0.5, 0.6) is 0 Å². The number of nitrogens with one attached hydrogen (secondary N) is 1. The highest BCUT2D eigenvalue weighted by molar-refractivity contribution is 8.01. The van der Waals surface area contributed by atoms with Crippen molar-refractivity contribution in [2.24, 2.45) is 0 Å². The Balaban J connectivity index is 1.61. The zero-order valence-corrected chi connectivity index (χ0v) is 15.9. The van der Waals surface area contributed by atoms with Gasteiger partial charge in [-0.3, -0.25) is 24.3 Å². The van der Waals surface area contributed by atoms with Crippen LogP contribution in [-0.2, 0) is 20.9 Å². The smallest absolute Gasteiger partial charge is 0.316 e. The summed E-state index contributed by atoms with van der Waals surface area (Å²) < 4.78 is 6.59. The van der Waals surface area contributed by atoms with E-state index >= 15 is 0 Å². The molecule has 0 aliphatic heterocycles. The van der Waals surface area contributed by atoms with Gasteiger partial charge < -0.3 is 4.74 Å². The van der Waals surface area contributed by atoms with Gasteiger partial charge in [-0.05, 0) is 19.1 Å². The first-order valence-electron chi connectivity index (χ1n) is 7.92. The fourth-order valence-electron chi connectivity index (χ4n) is 2.17. The third-order valence-corrected chi connectivity index (χ3v) is 5.26. The number of esters is 1. The summed E-state index contributed by atoms with van der Waals surface area (Å²) in [5, 5.41) is 11.1. The van der Waals surface area contributed by atoms with Crippen molar-refractivity contribution in [2.75, 3.05) is 17.7 Å². The summed E-state index contributed by atoms with van der Waals surface area (Å²) in [6.45, 7) is 1.86. The monoisotopic (exact) mass is 405 g/mol. The van der Waals surface area contributed by atoms with E-state index in [9.17, 15) is 14.4 Å². The molecule has 2 aromatic heterocycles. The van der Waals surface area contributed by atoms with Gasteiger partial charge in [-0.1, -0.05) is 35.2 Å². The Hall–Kier alpha value is -2.79. The molecule has 0 saturated carbocycles. The molecule has 0 bridgehead atoms. The molecule has 0 radical (unpaired) electrons. The van der Waals surface area contributed by atoms with E-state index in [4.69, 9.17) is 4.74 Å². The largest absolute Gasteiger partial charge is 0.465 e. The predicted octanol–water partition coefficient (Wildman–Crippen LogP) is 1.54. The number of para-hydroxylation sites is 1. The van der Waals surface area contributed by atoms with Gasteiger partial charge in [0.25, 0.3) is 5.56 Å². The minimum Gasteiger partial charge on any atom is -0.465 e. The molecular formula is C16H15N5O4S2. The lowest BCUT2D eigenvalue weighted by Gasteiger charge is -2.05. The second-order valence-electron chi connectivity index (χ2n) is 5.21. The van der Waals surface area contributed by atoms with Crippen molar-refractivity contribution in [3.63, 3.8) is 0 Å². The van der Waals surface area contributed by atoms with Gasteiger partial charge in [0.2, 0.25) is 11.0 Å². The minimum absolute atomic E-state index is 0.120. The van der Waals surface area contributed by atoms with Crippen molar-refractivity contribution in [2.45, 2.75) is 17.8 Å². The normalized spacial score (nSPS) is 10.7. The molecular weight excluding hydrogens is 390 g/mol. The van der Waals surface area contributed by atoms with E-state index in [1.165, 1.54) is 22.7 Å². The molecule has 9 nitrogen and oxygen atoms in total. The van der Waals surface area contributed by atoms with Gasteiger partial charge in [0.15, 0.2) is 4.34 Å². The zero-order valence-electron chi connectivity index (χ0n) is 14.2. The number of rotatable bonds is 7. The molecule has 3 aromatic rings. The van der Waals surface area contributed by atoms with Gasteiger partial charge in [-0.2, -0.15) is 0 Å². The zero-order chi connectivity index (χ0) is 19.2. The molecule has 27 heavy (non-hydrogen) atoms. The molecule has 1 N–H and O–H groups in total. The Morgan fingerprint density at radius 2 is 2.11 bits per heavy atom. The van der Waals surface area contributed by atoms with Crippen molar-refractivity contribution in [1.82, 2.24) is 19.7 Å². The van der Waals surface area contributed by atoms with E-state index in [0.29, 0.717) is 21.8 Å². The molecule has 11 heteroatoms. The number of carbonyl (C=O) groups excluding carboxylic acids is 2. The first-order chi connectivity index (χ1) is 13.1. The quantitative estimate of drug-likeness (QED) is 0.357. The molecule has 3 rings (SSSR count). The van der Waals surface area contributed by atoms with Gasteiger partial charge >= 0.3 is 5.97 Å². The van der Waals surface area contributed by atoms with Crippen LogP contribution < -0.4 is 10.9 Å². The second-order valence-corrected chi connectivity index (χ2v) is 7.41. The number of hydrogen-bond donors (Lipinski definition) is 1. The van der Waals surface area contributed by atoms with E-state index in [-0.39, 0.29) is 29.0 Å². The fourth-order valence-corrected chi connectivity index (χ4v) is 3.74. The summed E-state index contributed by atoms with van der Waals surface area (Å²) in [5.41, 5.74) is 0.283. The number of benzene rings is 1. The fraction of sp³-hybridized carbons (Fsp3) is 0.250. The average Bonchev–Trinajstić information content (AvgIpc) is 3.10. The van der Waals surface area contributed by atoms with Gasteiger partial charge in [0.05, 0.1) is 29.6 Å². The number of nitrogens with zero attached hydrogens (tertiary/aromatic N) is 4. The van der Waals surface area contributed by atoms with Crippen molar-refractivity contribution in [1.29, 1.82) is 0 Å². The van der Waals surface area contributed by atoms with Crippen LogP contribution in [0, 0.1) is 0 Å². The summed E-state index contributed by atoms with van der Waals surface area (Å²) in [6.07, 6.45) is 1.34. The number of carbonyl (C=O) groups is 2. The van der Waals surface area contributed by atoms with Crippen LogP contribution in [-0.4, -0.2) is 44.0 Å². The lowest BCUT2D eigenvalue weighted by atomic mass is 10.2. The topological polar surface area (TPSA) is 116 Å². The first kappa shape index (κ1) is 19.0. The maximum absolute atomic E-state index is 12.4. The van der Waals surface area contributed by atoms with Crippen LogP contribution in [0.25, 0.3) is 10.9 Å². The number of ether oxygens (including phenoxy) is 1. The summed E-state index contributed by atoms with van der Waals surface area (Å²) in [4.78, 5) is 40.1. The average molecular weight is 405 g/mol. The second kappa shape index (κ2) is 8.73.